The number of amides is 1. The van der Waals surface area contributed by atoms with Crippen LogP contribution in [0.3, 0.4) is 0 Å². The highest BCUT2D eigenvalue weighted by molar-refractivity contribution is 8.00. The number of hydrogen-bond acceptors (Lipinski definition) is 4. The normalized spacial score (nSPS) is 19.6. The lowest BCUT2D eigenvalue weighted by Gasteiger charge is -2.34. The summed E-state index contributed by atoms with van der Waals surface area (Å²) in [4.78, 5) is 25.9. The van der Waals surface area contributed by atoms with Gasteiger partial charge in [0.1, 0.15) is 0 Å². The van der Waals surface area contributed by atoms with Crippen molar-refractivity contribution in [2.45, 2.75) is 39.0 Å². The lowest BCUT2D eigenvalue weighted by atomic mass is 10.1. The number of nitrogens with zero attached hydrogens (tertiary/aromatic N) is 2. The molecule has 0 radical (unpaired) electrons. The van der Waals surface area contributed by atoms with Crippen LogP contribution in [-0.2, 0) is 11.3 Å². The van der Waals surface area contributed by atoms with Gasteiger partial charge in [-0.25, -0.2) is 0 Å². The molecule has 0 saturated carbocycles. The smallest absolute Gasteiger partial charge is 0.307 e. The summed E-state index contributed by atoms with van der Waals surface area (Å²) in [5.41, 5.74) is 0.946. The van der Waals surface area contributed by atoms with Crippen molar-refractivity contribution in [3.8, 4) is 0 Å². The summed E-state index contributed by atoms with van der Waals surface area (Å²) in [6.07, 6.45) is 0.424. The third-order valence-electron chi connectivity index (χ3n) is 3.72. The van der Waals surface area contributed by atoms with Crippen LogP contribution in [0.1, 0.15) is 26.0 Å². The van der Waals surface area contributed by atoms with E-state index < -0.39 is 0 Å². The topological polar surface area (TPSA) is 42.3 Å². The molecule has 0 spiro atoms. The molecule has 0 bridgehead atoms. The molecular weight excluding hydrogens is 292 g/mol. The first kappa shape index (κ1) is 15.6. The van der Waals surface area contributed by atoms with Gasteiger partial charge < -0.3 is 9.47 Å². The zero-order valence-corrected chi connectivity index (χ0v) is 13.9. The highest BCUT2D eigenvalue weighted by atomic mass is 32.2. The van der Waals surface area contributed by atoms with Gasteiger partial charge in [-0.15, -0.1) is 0 Å². The maximum Gasteiger partial charge on any atom is 0.307 e. The Bertz CT molecular complexity index is 521. The Kier molecular flexibility index (Phi) is 5.32. The molecule has 1 saturated heterocycles. The van der Waals surface area contributed by atoms with E-state index in [1.807, 2.05) is 29.0 Å². The molecule has 1 aromatic rings. The van der Waals surface area contributed by atoms with Crippen LogP contribution >= 0.6 is 23.1 Å². The number of rotatable bonds is 4. The van der Waals surface area contributed by atoms with Gasteiger partial charge in [-0.2, -0.15) is 11.8 Å². The summed E-state index contributed by atoms with van der Waals surface area (Å²) < 4.78 is 1.70. The van der Waals surface area contributed by atoms with Crippen molar-refractivity contribution in [3.63, 3.8) is 0 Å². The summed E-state index contributed by atoms with van der Waals surface area (Å²) in [7, 11) is 0. The molecule has 0 aromatic carbocycles. The molecule has 1 amide bonds. The number of hydrogen-bond donors (Lipinski definition) is 0. The van der Waals surface area contributed by atoms with E-state index in [-0.39, 0.29) is 10.8 Å². The van der Waals surface area contributed by atoms with Crippen molar-refractivity contribution in [2.75, 3.05) is 18.8 Å². The first-order valence-electron chi connectivity index (χ1n) is 7.03. The fourth-order valence-electron chi connectivity index (χ4n) is 2.35. The predicted octanol–water partition coefficient (Wildman–Crippen LogP) is 2.21. The van der Waals surface area contributed by atoms with Gasteiger partial charge in [-0.1, -0.05) is 25.2 Å². The summed E-state index contributed by atoms with van der Waals surface area (Å²) in [5.74, 6) is 1.79. The molecule has 1 fully saturated rings. The molecule has 0 N–H and O–H groups in total. The average Bonchev–Trinajstić information content (AvgIpc) is 2.75. The lowest BCUT2D eigenvalue weighted by molar-refractivity contribution is -0.131. The minimum absolute atomic E-state index is 0.0320. The standard InChI is InChI=1S/C14H22N2O2S2/c1-10(2)12-8-15(6-7-19-12)13(17)4-5-16-11(3)9-20-14(16)18/h9-10,12H,4-8H2,1-3H3/t12-/m0/s1. The van der Waals surface area contributed by atoms with Crippen LogP contribution in [0.4, 0.5) is 0 Å². The van der Waals surface area contributed by atoms with Gasteiger partial charge >= 0.3 is 4.87 Å². The maximum absolute atomic E-state index is 12.3. The van der Waals surface area contributed by atoms with E-state index in [9.17, 15) is 9.59 Å². The van der Waals surface area contributed by atoms with Crippen molar-refractivity contribution in [2.24, 2.45) is 5.92 Å². The number of carbonyl (C=O) groups excluding carboxylic acids is 1. The molecule has 0 aliphatic carbocycles. The van der Waals surface area contributed by atoms with E-state index in [1.165, 1.54) is 11.3 Å². The van der Waals surface area contributed by atoms with E-state index in [0.29, 0.717) is 24.1 Å². The van der Waals surface area contributed by atoms with E-state index in [1.54, 1.807) is 4.57 Å². The van der Waals surface area contributed by atoms with Crippen molar-refractivity contribution < 1.29 is 4.79 Å². The Morgan fingerprint density at radius 1 is 1.50 bits per heavy atom. The van der Waals surface area contributed by atoms with Crippen molar-refractivity contribution in [3.05, 3.63) is 20.7 Å². The molecule has 6 heteroatoms. The Hall–Kier alpha value is -0.750. The molecule has 2 heterocycles. The number of carbonyl (C=O) groups is 1. The minimum Gasteiger partial charge on any atom is -0.341 e. The second kappa shape index (κ2) is 6.80. The van der Waals surface area contributed by atoms with Crippen LogP contribution in [0.25, 0.3) is 0 Å². The quantitative estimate of drug-likeness (QED) is 0.856. The minimum atomic E-state index is 0.0320. The number of aryl methyl sites for hydroxylation is 1. The zero-order chi connectivity index (χ0) is 14.7. The molecule has 1 aliphatic heterocycles. The van der Waals surface area contributed by atoms with Crippen LogP contribution in [0.5, 0.6) is 0 Å². The second-order valence-corrected chi connectivity index (χ2v) is 7.71. The van der Waals surface area contributed by atoms with Gasteiger partial charge in [0.2, 0.25) is 5.91 Å². The van der Waals surface area contributed by atoms with E-state index >= 15 is 0 Å². The van der Waals surface area contributed by atoms with Gasteiger partial charge in [0.15, 0.2) is 0 Å². The summed E-state index contributed by atoms with van der Waals surface area (Å²) >= 11 is 3.17. The fraction of sp³-hybridized carbons (Fsp3) is 0.714. The third kappa shape index (κ3) is 3.67. The summed E-state index contributed by atoms with van der Waals surface area (Å²) in [6, 6.07) is 0. The van der Waals surface area contributed by atoms with Crippen LogP contribution in [0.15, 0.2) is 10.2 Å². The molecule has 0 unspecified atom stereocenters. The van der Waals surface area contributed by atoms with E-state index in [2.05, 4.69) is 13.8 Å². The Labute approximate surface area is 128 Å². The second-order valence-electron chi connectivity index (χ2n) is 5.54. The van der Waals surface area contributed by atoms with E-state index in [4.69, 9.17) is 0 Å². The Balaban J connectivity index is 1.90. The molecule has 4 nitrogen and oxygen atoms in total. The first-order chi connectivity index (χ1) is 9.49. The SMILES string of the molecule is Cc1csc(=O)n1CCC(=O)N1CCS[C@H](C(C)C)C1. The number of aromatic nitrogens is 1. The third-order valence-corrected chi connectivity index (χ3v) is 6.14. The van der Waals surface area contributed by atoms with Crippen LogP contribution in [-0.4, -0.2) is 39.5 Å². The van der Waals surface area contributed by atoms with Gasteiger partial charge in [0.05, 0.1) is 0 Å². The van der Waals surface area contributed by atoms with Gasteiger partial charge in [0.25, 0.3) is 0 Å². The van der Waals surface area contributed by atoms with Crippen molar-refractivity contribution in [1.29, 1.82) is 0 Å². The highest BCUT2D eigenvalue weighted by Crippen LogP contribution is 2.25. The average molecular weight is 314 g/mol. The van der Waals surface area contributed by atoms with Crippen molar-refractivity contribution >= 4 is 29.0 Å². The number of thiazole rings is 1. The molecule has 112 valence electrons. The zero-order valence-electron chi connectivity index (χ0n) is 12.3. The molecule has 1 aromatic heterocycles. The highest BCUT2D eigenvalue weighted by Gasteiger charge is 2.25. The first-order valence-corrected chi connectivity index (χ1v) is 8.96. The van der Waals surface area contributed by atoms with Gasteiger partial charge in [-0.05, 0) is 12.8 Å². The summed E-state index contributed by atoms with van der Waals surface area (Å²) in [5, 5.41) is 2.39. The monoisotopic (exact) mass is 314 g/mol. The van der Waals surface area contributed by atoms with Gasteiger partial charge in [0, 0.05) is 48.1 Å². The molecule has 2 rings (SSSR count). The lowest BCUT2D eigenvalue weighted by Crippen LogP contribution is -2.43. The number of thioether (sulfide) groups is 1. The summed E-state index contributed by atoms with van der Waals surface area (Å²) in [6.45, 7) is 8.51. The van der Waals surface area contributed by atoms with Gasteiger partial charge in [-0.3, -0.25) is 9.59 Å². The molecule has 20 heavy (non-hydrogen) atoms. The van der Waals surface area contributed by atoms with Crippen LogP contribution < -0.4 is 4.87 Å². The maximum atomic E-state index is 12.3. The van der Waals surface area contributed by atoms with Crippen molar-refractivity contribution in [1.82, 2.24) is 9.47 Å². The predicted molar refractivity (Wildman–Crippen MR) is 85.6 cm³/mol. The van der Waals surface area contributed by atoms with E-state index in [0.717, 1.165) is 24.5 Å². The largest absolute Gasteiger partial charge is 0.341 e. The van der Waals surface area contributed by atoms with Crippen LogP contribution in [0, 0.1) is 12.8 Å². The Morgan fingerprint density at radius 3 is 2.85 bits per heavy atom. The molecule has 1 atom stereocenters. The Morgan fingerprint density at radius 2 is 2.25 bits per heavy atom. The molecule has 1 aliphatic rings. The van der Waals surface area contributed by atoms with Crippen LogP contribution in [0.2, 0.25) is 0 Å². The molecular formula is C14H22N2O2S2. The fourth-order valence-corrected chi connectivity index (χ4v) is 4.41.